The first kappa shape index (κ1) is 18.0. The molecular weight excluding hydrogens is 304 g/mol. The van der Waals surface area contributed by atoms with Gasteiger partial charge in [0.15, 0.2) is 0 Å². The molecule has 0 spiro atoms. The Morgan fingerprint density at radius 3 is 2.43 bits per heavy atom. The minimum atomic E-state index is -0.905. The second-order valence-electron chi connectivity index (χ2n) is 4.01. The third-order valence-corrected chi connectivity index (χ3v) is 2.49. The van der Waals surface area contributed by atoms with Gasteiger partial charge in [-0.25, -0.2) is 14.4 Å². The molecule has 1 heterocycles. The Morgan fingerprint density at radius 1 is 1.22 bits per heavy atom. The second-order valence-corrected chi connectivity index (χ2v) is 4.01. The van der Waals surface area contributed by atoms with Crippen LogP contribution in [0.3, 0.4) is 0 Å². The van der Waals surface area contributed by atoms with Crippen molar-refractivity contribution in [2.75, 3.05) is 13.2 Å². The third-order valence-electron chi connectivity index (χ3n) is 2.49. The molecule has 122 valence electrons. The lowest BCUT2D eigenvalue weighted by molar-refractivity contribution is -0.139. The maximum Gasteiger partial charge on any atom is 0.355 e. The van der Waals surface area contributed by atoms with Crippen molar-refractivity contribution >= 4 is 17.6 Å². The molecule has 0 radical (unpaired) electrons. The van der Waals surface area contributed by atoms with Crippen molar-refractivity contribution in [3.05, 3.63) is 39.2 Å². The van der Waals surface area contributed by atoms with E-state index >= 15 is 0 Å². The maximum absolute atomic E-state index is 12.3. The summed E-state index contributed by atoms with van der Waals surface area (Å²) in [5, 5.41) is 0. The number of hydrogen-bond acceptors (Lipinski definition) is 6. The van der Waals surface area contributed by atoms with E-state index in [0.29, 0.717) is 4.57 Å². The number of rotatable bonds is 5. The van der Waals surface area contributed by atoms with Crippen LogP contribution in [-0.4, -0.2) is 34.3 Å². The summed E-state index contributed by atoms with van der Waals surface area (Å²) < 4.78 is 11.0. The Kier molecular flexibility index (Phi) is 6.55. The number of esters is 2. The molecular formula is C15H16N2O6. The van der Waals surface area contributed by atoms with E-state index in [9.17, 15) is 19.2 Å². The van der Waals surface area contributed by atoms with Gasteiger partial charge in [-0.05, 0) is 20.8 Å². The quantitative estimate of drug-likeness (QED) is 0.424. The molecule has 0 saturated carbocycles. The van der Waals surface area contributed by atoms with E-state index < -0.39 is 23.2 Å². The summed E-state index contributed by atoms with van der Waals surface area (Å²) in [7, 11) is 0. The summed E-state index contributed by atoms with van der Waals surface area (Å²) in [6, 6.07) is 3.36. The van der Waals surface area contributed by atoms with Crippen molar-refractivity contribution in [2.24, 2.45) is 0 Å². The first-order valence-corrected chi connectivity index (χ1v) is 6.79. The Hall–Kier alpha value is -3.08. The van der Waals surface area contributed by atoms with Crippen molar-refractivity contribution < 1.29 is 19.1 Å². The minimum Gasteiger partial charge on any atom is -0.463 e. The number of nitrogens with zero attached hydrogens (tertiary/aromatic N) is 2. The molecule has 0 fully saturated rings. The van der Waals surface area contributed by atoms with Crippen LogP contribution in [0.15, 0.2) is 27.9 Å². The predicted octanol–water partition coefficient (Wildman–Crippen LogP) is -0.194. The lowest BCUT2D eigenvalue weighted by Gasteiger charge is -2.10. The van der Waals surface area contributed by atoms with E-state index in [2.05, 4.69) is 12.0 Å². The molecule has 1 aromatic heterocycles. The van der Waals surface area contributed by atoms with Gasteiger partial charge in [-0.15, -0.1) is 0 Å². The van der Waals surface area contributed by atoms with Gasteiger partial charge in [-0.1, -0.05) is 5.92 Å². The number of aromatic nitrogens is 2. The molecule has 0 saturated heterocycles. The SMILES string of the molecule is CC#Cn1c(=O)ccn(/C(=C/C(=O)OCC)C(=O)OCC)c1=O. The molecule has 0 unspecified atom stereocenters. The molecule has 1 aromatic rings. The minimum absolute atomic E-state index is 0.0438. The van der Waals surface area contributed by atoms with Crippen LogP contribution in [0.4, 0.5) is 0 Å². The van der Waals surface area contributed by atoms with Crippen molar-refractivity contribution in [1.29, 1.82) is 0 Å². The van der Waals surface area contributed by atoms with Crippen LogP contribution >= 0.6 is 0 Å². The second kappa shape index (κ2) is 8.38. The van der Waals surface area contributed by atoms with Crippen molar-refractivity contribution in [3.8, 4) is 12.0 Å². The number of ether oxygens (including phenoxy) is 2. The zero-order valence-electron chi connectivity index (χ0n) is 13.0. The standard InChI is InChI=1S/C15H16N2O6/c1-4-8-17-12(18)7-9-16(15(17)21)11(14(20)23-6-3)10-13(19)22-5-2/h7,9-10H,5-6H2,1-3H3/b11-10+. The van der Waals surface area contributed by atoms with Crippen LogP contribution in [0.25, 0.3) is 5.70 Å². The number of hydrogen-bond donors (Lipinski definition) is 0. The lowest BCUT2D eigenvalue weighted by Crippen LogP contribution is -2.38. The molecule has 1 rings (SSSR count). The van der Waals surface area contributed by atoms with Crippen LogP contribution in [-0.2, 0) is 19.1 Å². The van der Waals surface area contributed by atoms with E-state index in [1.165, 1.54) is 6.92 Å². The van der Waals surface area contributed by atoms with Crippen molar-refractivity contribution in [1.82, 2.24) is 9.13 Å². The zero-order chi connectivity index (χ0) is 17.4. The molecule has 0 aromatic carbocycles. The molecule has 0 aliphatic rings. The van der Waals surface area contributed by atoms with Crippen LogP contribution in [0.2, 0.25) is 0 Å². The third kappa shape index (κ3) is 4.44. The predicted molar refractivity (Wildman–Crippen MR) is 81.3 cm³/mol. The summed E-state index contributed by atoms with van der Waals surface area (Å²) in [5.74, 6) is 0.697. The lowest BCUT2D eigenvalue weighted by atomic mass is 10.3. The van der Waals surface area contributed by atoms with Gasteiger partial charge in [0.2, 0.25) is 0 Å². The van der Waals surface area contributed by atoms with Gasteiger partial charge < -0.3 is 9.47 Å². The van der Waals surface area contributed by atoms with Gasteiger partial charge in [0, 0.05) is 18.3 Å². The first-order valence-electron chi connectivity index (χ1n) is 6.79. The molecule has 0 amide bonds. The molecule has 23 heavy (non-hydrogen) atoms. The summed E-state index contributed by atoms with van der Waals surface area (Å²) in [5.41, 5.74) is -1.92. The highest BCUT2D eigenvalue weighted by atomic mass is 16.5. The van der Waals surface area contributed by atoms with E-state index in [1.807, 2.05) is 0 Å². The molecule has 8 heteroatoms. The highest BCUT2D eigenvalue weighted by molar-refractivity contribution is 6.14. The monoisotopic (exact) mass is 320 g/mol. The first-order chi connectivity index (χ1) is 11.0. The Labute approximate surface area is 131 Å². The number of carbonyl (C=O) groups excluding carboxylic acids is 2. The normalized spacial score (nSPS) is 10.5. The molecule has 0 atom stereocenters. The molecule has 0 aliphatic heterocycles. The fourth-order valence-electron chi connectivity index (χ4n) is 1.60. The van der Waals surface area contributed by atoms with Crippen LogP contribution < -0.4 is 11.2 Å². The van der Waals surface area contributed by atoms with Crippen LogP contribution in [0.5, 0.6) is 0 Å². The maximum atomic E-state index is 12.3. The van der Waals surface area contributed by atoms with Gasteiger partial charge in [-0.2, -0.15) is 4.57 Å². The molecule has 0 N–H and O–H groups in total. The van der Waals surface area contributed by atoms with Crippen molar-refractivity contribution in [3.63, 3.8) is 0 Å². The van der Waals surface area contributed by atoms with Crippen LogP contribution in [0.1, 0.15) is 20.8 Å². The highest BCUT2D eigenvalue weighted by Gasteiger charge is 2.18. The van der Waals surface area contributed by atoms with Gasteiger partial charge in [0.05, 0.1) is 19.3 Å². The Morgan fingerprint density at radius 2 is 1.87 bits per heavy atom. The summed E-state index contributed by atoms with van der Waals surface area (Å²) in [4.78, 5) is 47.6. The summed E-state index contributed by atoms with van der Waals surface area (Å²) in [6.45, 7) is 4.76. The largest absolute Gasteiger partial charge is 0.463 e. The summed E-state index contributed by atoms with van der Waals surface area (Å²) >= 11 is 0. The Balaban J connectivity index is 3.55. The fourth-order valence-corrected chi connectivity index (χ4v) is 1.60. The van der Waals surface area contributed by atoms with Gasteiger partial charge in [0.1, 0.15) is 5.70 Å². The number of carbonyl (C=O) groups is 2. The highest BCUT2D eigenvalue weighted by Crippen LogP contribution is 2.04. The van der Waals surface area contributed by atoms with E-state index in [0.717, 1.165) is 22.9 Å². The van der Waals surface area contributed by atoms with Gasteiger partial charge in [-0.3, -0.25) is 9.36 Å². The zero-order valence-corrected chi connectivity index (χ0v) is 13.0. The Bertz CT molecular complexity index is 804. The average molecular weight is 320 g/mol. The average Bonchev–Trinajstić information content (AvgIpc) is 2.50. The van der Waals surface area contributed by atoms with E-state index in [1.54, 1.807) is 13.8 Å². The molecule has 0 bridgehead atoms. The topological polar surface area (TPSA) is 96.6 Å². The summed E-state index contributed by atoms with van der Waals surface area (Å²) in [6.07, 6.45) is 1.90. The molecule has 0 aliphatic carbocycles. The van der Waals surface area contributed by atoms with E-state index in [4.69, 9.17) is 9.47 Å². The fraction of sp³-hybridized carbons (Fsp3) is 0.333. The smallest absolute Gasteiger partial charge is 0.355 e. The van der Waals surface area contributed by atoms with E-state index in [-0.39, 0.29) is 18.9 Å². The molecule has 8 nitrogen and oxygen atoms in total. The van der Waals surface area contributed by atoms with Crippen LogP contribution in [0, 0.1) is 12.0 Å². The van der Waals surface area contributed by atoms with Gasteiger partial charge >= 0.3 is 17.6 Å². The van der Waals surface area contributed by atoms with Gasteiger partial charge in [0.25, 0.3) is 5.56 Å². The van der Waals surface area contributed by atoms with Crippen molar-refractivity contribution in [2.45, 2.75) is 20.8 Å².